The van der Waals surface area contributed by atoms with Crippen LogP contribution in [0.15, 0.2) is 18.5 Å². The third-order valence-corrected chi connectivity index (χ3v) is 2.60. The smallest absolute Gasteiger partial charge is 0.278 e. The van der Waals surface area contributed by atoms with Crippen LogP contribution in [0.4, 0.5) is 11.4 Å². The van der Waals surface area contributed by atoms with Crippen molar-refractivity contribution >= 4 is 28.9 Å². The van der Waals surface area contributed by atoms with E-state index < -0.39 is 0 Å². The highest BCUT2D eigenvalue weighted by Crippen LogP contribution is 2.18. The molecule has 0 atom stereocenters. The van der Waals surface area contributed by atoms with Crippen LogP contribution in [0.5, 0.6) is 0 Å². The number of hydrogen-bond donors (Lipinski definition) is 2. The Bertz CT molecular complexity index is 607. The van der Waals surface area contributed by atoms with Crippen LogP contribution in [0.1, 0.15) is 16.1 Å². The molecule has 7 heteroatoms. The van der Waals surface area contributed by atoms with E-state index in [9.17, 15) is 4.79 Å². The van der Waals surface area contributed by atoms with Crippen LogP contribution >= 0.6 is 11.6 Å². The van der Waals surface area contributed by atoms with Crippen molar-refractivity contribution in [3.8, 4) is 0 Å². The maximum atomic E-state index is 12.0. The molecule has 0 bridgehead atoms. The molecule has 2 heterocycles. The first-order valence-corrected chi connectivity index (χ1v) is 5.58. The summed E-state index contributed by atoms with van der Waals surface area (Å²) < 4.78 is 1.48. The van der Waals surface area contributed by atoms with Crippen molar-refractivity contribution < 1.29 is 4.79 Å². The molecule has 0 aliphatic rings. The monoisotopic (exact) mass is 265 g/mol. The lowest BCUT2D eigenvalue weighted by Crippen LogP contribution is -2.15. The molecular weight excluding hydrogens is 254 g/mol. The van der Waals surface area contributed by atoms with Crippen molar-refractivity contribution in [3.63, 3.8) is 0 Å². The number of rotatable bonds is 2. The molecular formula is C11H12ClN5O. The van der Waals surface area contributed by atoms with Crippen LogP contribution in [0.2, 0.25) is 5.15 Å². The first kappa shape index (κ1) is 12.4. The maximum Gasteiger partial charge on any atom is 0.278 e. The SMILES string of the molecule is Cc1cc(Cl)ncc1NC(=O)c1nn(C)cc1N. The zero-order valence-electron chi connectivity index (χ0n) is 9.94. The molecule has 0 radical (unpaired) electrons. The number of nitrogens with two attached hydrogens (primary N) is 1. The van der Waals surface area contributed by atoms with Gasteiger partial charge in [0.25, 0.3) is 5.91 Å². The molecule has 2 rings (SSSR count). The number of amides is 1. The van der Waals surface area contributed by atoms with Gasteiger partial charge in [-0.15, -0.1) is 0 Å². The molecule has 18 heavy (non-hydrogen) atoms. The molecule has 0 aliphatic heterocycles. The second-order valence-electron chi connectivity index (χ2n) is 3.88. The van der Waals surface area contributed by atoms with Gasteiger partial charge in [-0.05, 0) is 18.6 Å². The normalized spacial score (nSPS) is 10.4. The molecule has 0 fully saturated rings. The van der Waals surface area contributed by atoms with Gasteiger partial charge in [0.2, 0.25) is 0 Å². The Morgan fingerprint density at radius 3 is 2.83 bits per heavy atom. The number of aryl methyl sites for hydroxylation is 2. The van der Waals surface area contributed by atoms with Crippen molar-refractivity contribution in [2.45, 2.75) is 6.92 Å². The number of carbonyl (C=O) groups is 1. The standard InChI is InChI=1S/C11H12ClN5O/c1-6-3-9(12)14-4-8(6)15-11(18)10-7(13)5-17(2)16-10/h3-5H,13H2,1-2H3,(H,15,18). The fraction of sp³-hybridized carbons (Fsp3) is 0.182. The van der Waals surface area contributed by atoms with Gasteiger partial charge in [-0.3, -0.25) is 9.48 Å². The van der Waals surface area contributed by atoms with Crippen LogP contribution in [0.3, 0.4) is 0 Å². The van der Waals surface area contributed by atoms with E-state index in [1.54, 1.807) is 19.3 Å². The second kappa shape index (κ2) is 4.66. The van der Waals surface area contributed by atoms with Gasteiger partial charge in [-0.1, -0.05) is 11.6 Å². The molecule has 0 saturated heterocycles. The third-order valence-electron chi connectivity index (χ3n) is 2.40. The zero-order valence-corrected chi connectivity index (χ0v) is 10.7. The Morgan fingerprint density at radius 2 is 2.28 bits per heavy atom. The molecule has 3 N–H and O–H groups in total. The number of nitrogens with one attached hydrogen (secondary N) is 1. The van der Waals surface area contributed by atoms with Crippen molar-refractivity contribution in [1.29, 1.82) is 0 Å². The molecule has 0 saturated carbocycles. The summed E-state index contributed by atoms with van der Waals surface area (Å²) in [5.74, 6) is -0.375. The van der Waals surface area contributed by atoms with Crippen molar-refractivity contribution in [2.75, 3.05) is 11.1 Å². The molecule has 1 amide bonds. The summed E-state index contributed by atoms with van der Waals surface area (Å²) >= 11 is 5.74. The summed E-state index contributed by atoms with van der Waals surface area (Å²) in [6, 6.07) is 1.67. The maximum absolute atomic E-state index is 12.0. The summed E-state index contributed by atoms with van der Waals surface area (Å²) in [6.07, 6.45) is 3.07. The fourth-order valence-corrected chi connectivity index (χ4v) is 1.73. The summed E-state index contributed by atoms with van der Waals surface area (Å²) in [7, 11) is 1.70. The van der Waals surface area contributed by atoms with E-state index in [1.165, 1.54) is 10.9 Å². The van der Waals surface area contributed by atoms with Crippen molar-refractivity contribution in [2.24, 2.45) is 7.05 Å². The topological polar surface area (TPSA) is 85.8 Å². The number of carbonyl (C=O) groups excluding carboxylic acids is 1. The van der Waals surface area contributed by atoms with E-state index >= 15 is 0 Å². The summed E-state index contributed by atoms with van der Waals surface area (Å²) in [5, 5.41) is 7.06. The summed E-state index contributed by atoms with van der Waals surface area (Å²) in [5.41, 5.74) is 7.59. The predicted octanol–water partition coefficient (Wildman–Crippen LogP) is 1.61. The van der Waals surface area contributed by atoms with Gasteiger partial charge in [0.15, 0.2) is 5.69 Å². The van der Waals surface area contributed by atoms with Gasteiger partial charge in [-0.2, -0.15) is 5.10 Å². The van der Waals surface area contributed by atoms with E-state index in [0.29, 0.717) is 16.5 Å². The van der Waals surface area contributed by atoms with Crippen molar-refractivity contribution in [1.82, 2.24) is 14.8 Å². The molecule has 94 valence electrons. The van der Waals surface area contributed by atoms with E-state index in [2.05, 4.69) is 15.4 Å². The summed E-state index contributed by atoms with van der Waals surface area (Å²) in [4.78, 5) is 15.9. The van der Waals surface area contributed by atoms with Crippen LogP contribution in [-0.4, -0.2) is 20.7 Å². The van der Waals surface area contributed by atoms with Crippen LogP contribution in [0.25, 0.3) is 0 Å². The Kier molecular flexibility index (Phi) is 3.20. The number of pyridine rings is 1. The lowest BCUT2D eigenvalue weighted by molar-refractivity contribution is 0.102. The van der Waals surface area contributed by atoms with Gasteiger partial charge in [0, 0.05) is 13.2 Å². The van der Waals surface area contributed by atoms with Crippen LogP contribution < -0.4 is 11.1 Å². The van der Waals surface area contributed by atoms with Crippen LogP contribution in [-0.2, 0) is 7.05 Å². The highest BCUT2D eigenvalue weighted by Gasteiger charge is 2.15. The molecule has 0 unspecified atom stereocenters. The van der Waals surface area contributed by atoms with Gasteiger partial charge in [0.05, 0.1) is 17.6 Å². The third kappa shape index (κ3) is 2.43. The Labute approximate surface area is 109 Å². The van der Waals surface area contributed by atoms with Gasteiger partial charge >= 0.3 is 0 Å². The number of aromatic nitrogens is 3. The van der Waals surface area contributed by atoms with Gasteiger partial charge in [0.1, 0.15) is 5.15 Å². The number of nitrogen functional groups attached to an aromatic ring is 1. The van der Waals surface area contributed by atoms with E-state index in [4.69, 9.17) is 17.3 Å². The van der Waals surface area contributed by atoms with E-state index in [1.807, 2.05) is 6.92 Å². The summed E-state index contributed by atoms with van der Waals surface area (Å²) in [6.45, 7) is 1.82. The highest BCUT2D eigenvalue weighted by atomic mass is 35.5. The number of halogens is 1. The molecule has 0 spiro atoms. The quantitative estimate of drug-likeness (QED) is 0.808. The lowest BCUT2D eigenvalue weighted by atomic mass is 10.2. The first-order valence-electron chi connectivity index (χ1n) is 5.20. The molecule has 0 aliphatic carbocycles. The average Bonchev–Trinajstić information content (AvgIpc) is 2.62. The lowest BCUT2D eigenvalue weighted by Gasteiger charge is -2.06. The van der Waals surface area contributed by atoms with Crippen molar-refractivity contribution in [3.05, 3.63) is 34.9 Å². The molecule has 0 aromatic carbocycles. The Balaban J connectivity index is 2.24. The number of nitrogens with zero attached hydrogens (tertiary/aromatic N) is 3. The van der Waals surface area contributed by atoms with Crippen LogP contribution in [0, 0.1) is 6.92 Å². The number of anilines is 2. The molecule has 6 nitrogen and oxygen atoms in total. The minimum atomic E-state index is -0.375. The fourth-order valence-electron chi connectivity index (χ4n) is 1.52. The molecule has 2 aromatic rings. The Hall–Kier alpha value is -2.08. The van der Waals surface area contributed by atoms with E-state index in [0.717, 1.165) is 5.56 Å². The molecule has 2 aromatic heterocycles. The van der Waals surface area contributed by atoms with Gasteiger partial charge < -0.3 is 11.1 Å². The second-order valence-corrected chi connectivity index (χ2v) is 4.27. The largest absolute Gasteiger partial charge is 0.396 e. The minimum absolute atomic E-state index is 0.187. The number of hydrogen-bond acceptors (Lipinski definition) is 4. The van der Waals surface area contributed by atoms with E-state index in [-0.39, 0.29) is 11.6 Å². The van der Waals surface area contributed by atoms with Gasteiger partial charge in [-0.25, -0.2) is 4.98 Å². The minimum Gasteiger partial charge on any atom is -0.396 e. The highest BCUT2D eigenvalue weighted by molar-refractivity contribution is 6.29. The average molecular weight is 266 g/mol. The Morgan fingerprint density at radius 1 is 1.56 bits per heavy atom. The predicted molar refractivity (Wildman–Crippen MR) is 69.6 cm³/mol. The first-order chi connectivity index (χ1) is 8.47. The zero-order chi connectivity index (χ0) is 13.3.